The second-order valence-electron chi connectivity index (χ2n) is 10.7. The van der Waals surface area contributed by atoms with Crippen LogP contribution in [0, 0.1) is 0 Å². The number of para-hydroxylation sites is 1. The molecule has 3 aromatic rings. The summed E-state index contributed by atoms with van der Waals surface area (Å²) in [4.78, 5) is 22.7. The van der Waals surface area contributed by atoms with Gasteiger partial charge in [0.05, 0.1) is 24.3 Å². The molecule has 226 valence electrons. The molecule has 1 atom stereocenters. The van der Waals surface area contributed by atoms with E-state index in [0.29, 0.717) is 51.4 Å². The summed E-state index contributed by atoms with van der Waals surface area (Å²) in [5.41, 5.74) is -1.81. The third-order valence-electron chi connectivity index (χ3n) is 7.79. The molecule has 2 aliphatic rings. The van der Waals surface area contributed by atoms with Crippen LogP contribution in [0.4, 0.5) is 26.3 Å². The first kappa shape index (κ1) is 30.1. The van der Waals surface area contributed by atoms with Crippen LogP contribution in [-0.4, -0.2) is 90.7 Å². The lowest BCUT2D eigenvalue weighted by Crippen LogP contribution is -2.56. The fraction of sp³-hybridized carbons (Fsp3) is 0.433. The largest absolute Gasteiger partial charge is 0.416 e. The minimum Gasteiger partial charge on any atom is -0.379 e. The highest BCUT2D eigenvalue weighted by molar-refractivity contribution is 5.95. The lowest BCUT2D eigenvalue weighted by molar-refractivity contribution is -0.143. The summed E-state index contributed by atoms with van der Waals surface area (Å²) in [7, 11) is 0. The summed E-state index contributed by atoms with van der Waals surface area (Å²) < 4.78 is 86.5. The number of piperazine rings is 1. The Bertz CT molecular complexity index is 1380. The van der Waals surface area contributed by atoms with Crippen LogP contribution in [-0.2, 0) is 23.5 Å². The number of aromatic amines is 1. The maximum atomic E-state index is 13.6. The molecule has 5 rings (SSSR count). The molecule has 2 aromatic carbocycles. The highest BCUT2D eigenvalue weighted by Gasteiger charge is 2.39. The molecule has 6 nitrogen and oxygen atoms in total. The molecule has 3 heterocycles. The Morgan fingerprint density at radius 1 is 0.881 bits per heavy atom. The van der Waals surface area contributed by atoms with Crippen molar-refractivity contribution in [3.8, 4) is 0 Å². The zero-order valence-electron chi connectivity index (χ0n) is 22.8. The van der Waals surface area contributed by atoms with Crippen molar-refractivity contribution < 1.29 is 35.9 Å². The van der Waals surface area contributed by atoms with E-state index in [1.54, 1.807) is 0 Å². The van der Waals surface area contributed by atoms with Crippen LogP contribution in [0.15, 0.2) is 60.8 Å². The number of ether oxygens (including phenoxy) is 1. The van der Waals surface area contributed by atoms with Crippen LogP contribution in [0.1, 0.15) is 27.0 Å². The van der Waals surface area contributed by atoms with Gasteiger partial charge in [-0.3, -0.25) is 14.6 Å². The molecule has 2 saturated heterocycles. The van der Waals surface area contributed by atoms with Crippen LogP contribution in [0.25, 0.3) is 10.9 Å². The predicted octanol–water partition coefficient (Wildman–Crippen LogP) is 5.46. The molecule has 2 aliphatic heterocycles. The number of benzene rings is 2. The minimum atomic E-state index is -5.04. The highest BCUT2D eigenvalue weighted by Crippen LogP contribution is 2.37. The normalized spacial score (nSPS) is 19.7. The van der Waals surface area contributed by atoms with E-state index in [0.717, 1.165) is 36.1 Å². The van der Waals surface area contributed by atoms with Gasteiger partial charge in [0.2, 0.25) is 0 Å². The van der Waals surface area contributed by atoms with E-state index in [9.17, 15) is 31.1 Å². The van der Waals surface area contributed by atoms with Crippen LogP contribution < -0.4 is 0 Å². The Morgan fingerprint density at radius 2 is 1.52 bits per heavy atom. The number of halogens is 6. The first-order valence-corrected chi connectivity index (χ1v) is 13.8. The Balaban J connectivity index is 1.38. The number of aromatic nitrogens is 1. The number of hydrogen-bond acceptors (Lipinski definition) is 4. The number of nitrogens with one attached hydrogen (secondary N) is 1. The van der Waals surface area contributed by atoms with Gasteiger partial charge in [0, 0.05) is 74.5 Å². The molecule has 42 heavy (non-hydrogen) atoms. The minimum absolute atomic E-state index is 0.0430. The van der Waals surface area contributed by atoms with Crippen LogP contribution in [0.3, 0.4) is 0 Å². The lowest BCUT2D eigenvalue weighted by atomic mass is 9.98. The van der Waals surface area contributed by atoms with E-state index >= 15 is 0 Å². The van der Waals surface area contributed by atoms with Crippen molar-refractivity contribution in [2.24, 2.45) is 0 Å². The van der Waals surface area contributed by atoms with Crippen molar-refractivity contribution in [1.29, 1.82) is 0 Å². The first-order valence-electron chi connectivity index (χ1n) is 13.8. The van der Waals surface area contributed by atoms with Crippen LogP contribution in [0.2, 0.25) is 0 Å². The third kappa shape index (κ3) is 7.16. The number of H-pyrrole nitrogens is 1. The van der Waals surface area contributed by atoms with E-state index < -0.39 is 41.0 Å². The van der Waals surface area contributed by atoms with Gasteiger partial charge in [0.15, 0.2) is 0 Å². The van der Waals surface area contributed by atoms with Crippen LogP contribution >= 0.6 is 0 Å². The average molecular weight is 595 g/mol. The van der Waals surface area contributed by atoms with Gasteiger partial charge in [-0.05, 0) is 36.2 Å². The molecule has 0 aliphatic carbocycles. The molecule has 1 N–H and O–H groups in total. The smallest absolute Gasteiger partial charge is 0.379 e. The number of nitrogens with zero attached hydrogens (tertiary/aromatic N) is 3. The molecule has 1 amide bonds. The number of amides is 1. The molecule has 0 spiro atoms. The Labute approximate surface area is 239 Å². The summed E-state index contributed by atoms with van der Waals surface area (Å²) in [6, 6.07) is 8.22. The zero-order valence-corrected chi connectivity index (χ0v) is 22.8. The predicted molar refractivity (Wildman–Crippen MR) is 146 cm³/mol. The molecular formula is C30H32F6N4O2. The molecule has 0 saturated carbocycles. The second-order valence-corrected chi connectivity index (χ2v) is 10.7. The monoisotopic (exact) mass is 594 g/mol. The zero-order chi connectivity index (χ0) is 29.9. The van der Waals surface area contributed by atoms with Crippen molar-refractivity contribution >= 4 is 16.8 Å². The molecule has 0 unspecified atom stereocenters. The van der Waals surface area contributed by atoms with Gasteiger partial charge in [-0.2, -0.15) is 26.3 Å². The molecule has 12 heteroatoms. The van der Waals surface area contributed by atoms with Gasteiger partial charge in [-0.1, -0.05) is 30.4 Å². The number of alkyl halides is 6. The summed E-state index contributed by atoms with van der Waals surface area (Å²) in [6.45, 7) is 5.55. The maximum Gasteiger partial charge on any atom is 0.416 e. The van der Waals surface area contributed by atoms with Gasteiger partial charge < -0.3 is 14.6 Å². The number of rotatable bonds is 7. The third-order valence-corrected chi connectivity index (χ3v) is 7.79. The van der Waals surface area contributed by atoms with Crippen molar-refractivity contribution in [1.82, 2.24) is 19.7 Å². The molecule has 1 aromatic heterocycles. The fourth-order valence-corrected chi connectivity index (χ4v) is 5.56. The van der Waals surface area contributed by atoms with E-state index in [1.165, 1.54) is 4.90 Å². The van der Waals surface area contributed by atoms with Crippen LogP contribution in [0.5, 0.6) is 0 Å². The lowest BCUT2D eigenvalue weighted by Gasteiger charge is -2.41. The van der Waals surface area contributed by atoms with Crippen molar-refractivity contribution in [3.63, 3.8) is 0 Å². The summed E-state index contributed by atoms with van der Waals surface area (Å²) >= 11 is 0. The summed E-state index contributed by atoms with van der Waals surface area (Å²) in [5.74, 6) is -0.848. The van der Waals surface area contributed by atoms with E-state index in [1.807, 2.05) is 30.5 Å². The molecule has 2 fully saturated rings. The Morgan fingerprint density at radius 3 is 2.19 bits per heavy atom. The molecule has 0 radical (unpaired) electrons. The second kappa shape index (κ2) is 12.5. The topological polar surface area (TPSA) is 51.8 Å². The quantitative estimate of drug-likeness (QED) is 0.292. The number of fused-ring (bicyclic) bond motifs is 1. The SMILES string of the molecule is O=C(c1cc(C(F)(F)F)cc(C(F)(F)F)c1)N1CCN(C/C=C\CN2CCOCC2)C[C@H]1Cc1c[nH]c2ccccc12. The maximum absolute atomic E-state index is 13.6. The number of carbonyl (C=O) groups is 1. The van der Waals surface area contributed by atoms with Gasteiger partial charge in [-0.25, -0.2) is 0 Å². The van der Waals surface area contributed by atoms with E-state index in [-0.39, 0.29) is 12.6 Å². The van der Waals surface area contributed by atoms with E-state index in [2.05, 4.69) is 26.9 Å². The molecule has 0 bridgehead atoms. The number of carbonyl (C=O) groups excluding carboxylic acids is 1. The van der Waals surface area contributed by atoms with E-state index in [4.69, 9.17) is 4.74 Å². The van der Waals surface area contributed by atoms with Gasteiger partial charge in [0.1, 0.15) is 0 Å². The summed E-state index contributed by atoms with van der Waals surface area (Å²) in [6.07, 6.45) is -3.72. The standard InChI is InChI=1S/C30H32F6N4O2/c31-29(32,33)23-15-21(16-24(18-23)30(34,35)36)28(41)40-10-9-39(8-4-3-7-38-11-13-42-14-12-38)20-25(40)17-22-19-37-27-6-2-1-5-26(22)27/h1-6,15-16,18-19,25,37H,7-14,17,20H2/b4-3-/t25-/m1/s1. The summed E-state index contributed by atoms with van der Waals surface area (Å²) in [5, 5.41) is 0.950. The van der Waals surface area contributed by atoms with Gasteiger partial charge in [0.25, 0.3) is 5.91 Å². The fourth-order valence-electron chi connectivity index (χ4n) is 5.56. The first-order chi connectivity index (χ1) is 20.0. The van der Waals surface area contributed by atoms with Crippen molar-refractivity contribution in [2.75, 3.05) is 59.0 Å². The number of hydrogen-bond donors (Lipinski definition) is 1. The average Bonchev–Trinajstić information content (AvgIpc) is 3.37. The Hall–Kier alpha value is -3.35. The van der Waals surface area contributed by atoms with Gasteiger partial charge in [-0.15, -0.1) is 0 Å². The van der Waals surface area contributed by atoms with Crippen molar-refractivity contribution in [3.05, 3.63) is 83.1 Å². The highest BCUT2D eigenvalue weighted by atomic mass is 19.4. The number of morpholine rings is 1. The van der Waals surface area contributed by atoms with Gasteiger partial charge >= 0.3 is 12.4 Å². The Kier molecular flexibility index (Phi) is 8.95. The van der Waals surface area contributed by atoms with Crippen molar-refractivity contribution in [2.45, 2.75) is 24.8 Å². The molecular weight excluding hydrogens is 562 g/mol.